The molecule has 2 unspecified atom stereocenters. The number of carbonyl (C=O) groups excluding carboxylic acids is 1. The molecule has 4 nitrogen and oxygen atoms in total. The Morgan fingerprint density at radius 2 is 2.33 bits per heavy atom. The highest BCUT2D eigenvalue weighted by molar-refractivity contribution is 5.78. The van der Waals surface area contributed by atoms with E-state index in [1.54, 1.807) is 0 Å². The smallest absolute Gasteiger partial charge is 0.234 e. The first-order chi connectivity index (χ1) is 7.25. The fraction of sp³-hybridized carbons (Fsp3) is 0.909. The van der Waals surface area contributed by atoms with Crippen molar-refractivity contribution in [1.82, 2.24) is 15.5 Å². The third kappa shape index (κ3) is 2.92. The maximum atomic E-state index is 11.3. The quantitative estimate of drug-likeness (QED) is 0.665. The van der Waals surface area contributed by atoms with E-state index in [1.807, 2.05) is 0 Å². The van der Waals surface area contributed by atoms with Gasteiger partial charge in [0.2, 0.25) is 5.91 Å². The zero-order valence-electron chi connectivity index (χ0n) is 9.46. The zero-order chi connectivity index (χ0) is 10.7. The maximum Gasteiger partial charge on any atom is 0.234 e. The number of hydrogen-bond acceptors (Lipinski definition) is 3. The maximum absolute atomic E-state index is 11.3. The summed E-state index contributed by atoms with van der Waals surface area (Å²) in [5.74, 6) is 0.906. The van der Waals surface area contributed by atoms with Crippen molar-refractivity contribution < 1.29 is 4.79 Å². The first kappa shape index (κ1) is 10.9. The van der Waals surface area contributed by atoms with E-state index in [4.69, 9.17) is 0 Å². The Labute approximate surface area is 91.4 Å². The average Bonchev–Trinajstić information content (AvgIpc) is 2.25. The third-order valence-electron chi connectivity index (χ3n) is 3.46. The van der Waals surface area contributed by atoms with Crippen molar-refractivity contribution in [1.29, 1.82) is 0 Å². The SMILES string of the molecule is CC1CNC(=O)CN1CC1CCCNC1. The summed E-state index contributed by atoms with van der Waals surface area (Å²) in [6.07, 6.45) is 2.58. The number of rotatable bonds is 2. The number of amides is 1. The van der Waals surface area contributed by atoms with Crippen LogP contribution in [0.1, 0.15) is 19.8 Å². The van der Waals surface area contributed by atoms with Crippen LogP contribution in [0, 0.1) is 5.92 Å². The first-order valence-corrected chi connectivity index (χ1v) is 5.97. The molecule has 2 aliphatic heterocycles. The molecular weight excluding hydrogens is 190 g/mol. The van der Waals surface area contributed by atoms with Crippen LogP contribution in [0.4, 0.5) is 0 Å². The normalized spacial score (nSPS) is 33.8. The minimum atomic E-state index is 0.178. The van der Waals surface area contributed by atoms with Gasteiger partial charge in [-0.15, -0.1) is 0 Å². The number of piperazine rings is 1. The van der Waals surface area contributed by atoms with Crippen molar-refractivity contribution >= 4 is 5.91 Å². The van der Waals surface area contributed by atoms with Gasteiger partial charge in [-0.25, -0.2) is 0 Å². The molecule has 0 aromatic rings. The second-order valence-corrected chi connectivity index (χ2v) is 4.79. The summed E-state index contributed by atoms with van der Waals surface area (Å²) in [4.78, 5) is 13.6. The molecule has 0 bridgehead atoms. The highest BCUT2D eigenvalue weighted by atomic mass is 16.2. The molecule has 0 aromatic heterocycles. The third-order valence-corrected chi connectivity index (χ3v) is 3.46. The molecule has 2 aliphatic rings. The predicted molar refractivity (Wildman–Crippen MR) is 59.6 cm³/mol. The van der Waals surface area contributed by atoms with Gasteiger partial charge in [0.15, 0.2) is 0 Å². The second kappa shape index (κ2) is 4.94. The molecule has 2 rings (SSSR count). The summed E-state index contributed by atoms with van der Waals surface area (Å²) >= 11 is 0. The fourth-order valence-electron chi connectivity index (χ4n) is 2.44. The molecule has 4 heteroatoms. The lowest BCUT2D eigenvalue weighted by atomic mass is 9.98. The van der Waals surface area contributed by atoms with E-state index in [0.29, 0.717) is 12.6 Å². The lowest BCUT2D eigenvalue weighted by molar-refractivity contribution is -0.125. The van der Waals surface area contributed by atoms with Crippen LogP contribution in [0.15, 0.2) is 0 Å². The molecule has 86 valence electrons. The number of hydrogen-bond donors (Lipinski definition) is 2. The van der Waals surface area contributed by atoms with Crippen molar-refractivity contribution in [2.24, 2.45) is 5.92 Å². The largest absolute Gasteiger partial charge is 0.353 e. The van der Waals surface area contributed by atoms with E-state index < -0.39 is 0 Å². The van der Waals surface area contributed by atoms with Gasteiger partial charge in [-0.05, 0) is 38.8 Å². The van der Waals surface area contributed by atoms with Gasteiger partial charge < -0.3 is 10.6 Å². The molecule has 0 radical (unpaired) electrons. The van der Waals surface area contributed by atoms with Gasteiger partial charge in [-0.2, -0.15) is 0 Å². The van der Waals surface area contributed by atoms with Crippen LogP contribution in [0.3, 0.4) is 0 Å². The lowest BCUT2D eigenvalue weighted by Gasteiger charge is -2.36. The van der Waals surface area contributed by atoms with E-state index >= 15 is 0 Å². The molecule has 2 saturated heterocycles. The van der Waals surface area contributed by atoms with E-state index in [2.05, 4.69) is 22.5 Å². The minimum Gasteiger partial charge on any atom is -0.353 e. The molecule has 2 fully saturated rings. The summed E-state index contributed by atoms with van der Waals surface area (Å²) < 4.78 is 0. The van der Waals surface area contributed by atoms with Gasteiger partial charge in [0.25, 0.3) is 0 Å². The predicted octanol–water partition coefficient (Wildman–Crippen LogP) is -0.194. The van der Waals surface area contributed by atoms with Crippen LogP contribution in [0.25, 0.3) is 0 Å². The van der Waals surface area contributed by atoms with Gasteiger partial charge >= 0.3 is 0 Å². The second-order valence-electron chi connectivity index (χ2n) is 4.79. The molecule has 0 aromatic carbocycles. The van der Waals surface area contributed by atoms with Gasteiger partial charge in [0.1, 0.15) is 0 Å². The highest BCUT2D eigenvalue weighted by Crippen LogP contribution is 2.14. The van der Waals surface area contributed by atoms with E-state index in [9.17, 15) is 4.79 Å². The number of carbonyl (C=O) groups is 1. The van der Waals surface area contributed by atoms with Gasteiger partial charge in [-0.1, -0.05) is 0 Å². The van der Waals surface area contributed by atoms with Gasteiger partial charge in [0, 0.05) is 19.1 Å². The van der Waals surface area contributed by atoms with E-state index in [-0.39, 0.29) is 5.91 Å². The Morgan fingerprint density at radius 3 is 3.07 bits per heavy atom. The summed E-state index contributed by atoms with van der Waals surface area (Å²) in [5, 5.41) is 6.33. The van der Waals surface area contributed by atoms with Gasteiger partial charge in [-0.3, -0.25) is 9.69 Å². The Morgan fingerprint density at radius 1 is 1.47 bits per heavy atom. The van der Waals surface area contributed by atoms with Crippen LogP contribution in [-0.2, 0) is 4.79 Å². The zero-order valence-corrected chi connectivity index (χ0v) is 9.46. The Hall–Kier alpha value is -0.610. The average molecular weight is 211 g/mol. The molecular formula is C11H21N3O. The van der Waals surface area contributed by atoms with Crippen molar-refractivity contribution in [3.05, 3.63) is 0 Å². The van der Waals surface area contributed by atoms with Crippen LogP contribution < -0.4 is 10.6 Å². The Balaban J connectivity index is 1.83. The van der Waals surface area contributed by atoms with Crippen molar-refractivity contribution in [3.63, 3.8) is 0 Å². The summed E-state index contributed by atoms with van der Waals surface area (Å²) in [6.45, 7) is 6.92. The van der Waals surface area contributed by atoms with Crippen molar-refractivity contribution in [2.75, 3.05) is 32.7 Å². The molecule has 0 saturated carbocycles. The molecule has 1 amide bonds. The summed E-state index contributed by atoms with van der Waals surface area (Å²) in [6, 6.07) is 0.490. The van der Waals surface area contributed by atoms with Crippen molar-refractivity contribution in [3.8, 4) is 0 Å². The van der Waals surface area contributed by atoms with Crippen LogP contribution >= 0.6 is 0 Å². The number of nitrogens with zero attached hydrogens (tertiary/aromatic N) is 1. The molecule has 2 N–H and O–H groups in total. The van der Waals surface area contributed by atoms with Crippen LogP contribution in [-0.4, -0.2) is 49.6 Å². The lowest BCUT2D eigenvalue weighted by Crippen LogP contribution is -2.55. The topological polar surface area (TPSA) is 44.4 Å². The Bertz CT molecular complexity index is 226. The van der Waals surface area contributed by atoms with Crippen molar-refractivity contribution in [2.45, 2.75) is 25.8 Å². The van der Waals surface area contributed by atoms with E-state index in [1.165, 1.54) is 12.8 Å². The standard InChI is InChI=1S/C11H21N3O/c1-9-5-13-11(15)8-14(9)7-10-3-2-4-12-6-10/h9-10,12H,2-8H2,1H3,(H,13,15). The fourth-order valence-corrected chi connectivity index (χ4v) is 2.44. The molecule has 0 aliphatic carbocycles. The molecule has 2 heterocycles. The first-order valence-electron chi connectivity index (χ1n) is 5.97. The van der Waals surface area contributed by atoms with Gasteiger partial charge in [0.05, 0.1) is 6.54 Å². The van der Waals surface area contributed by atoms with Crippen LogP contribution in [0.2, 0.25) is 0 Å². The minimum absolute atomic E-state index is 0.178. The van der Waals surface area contributed by atoms with E-state index in [0.717, 1.165) is 32.1 Å². The summed E-state index contributed by atoms with van der Waals surface area (Å²) in [7, 11) is 0. The molecule has 0 spiro atoms. The monoisotopic (exact) mass is 211 g/mol. The number of piperidine rings is 1. The molecule has 15 heavy (non-hydrogen) atoms. The number of nitrogens with one attached hydrogen (secondary N) is 2. The molecule has 2 atom stereocenters. The Kier molecular flexibility index (Phi) is 3.59. The van der Waals surface area contributed by atoms with Crippen LogP contribution in [0.5, 0.6) is 0 Å². The highest BCUT2D eigenvalue weighted by Gasteiger charge is 2.25. The summed E-state index contributed by atoms with van der Waals surface area (Å²) in [5.41, 5.74) is 0.